The van der Waals surface area contributed by atoms with Gasteiger partial charge in [0, 0.05) is 0 Å². The predicted octanol–water partition coefficient (Wildman–Crippen LogP) is 7.97. The third kappa shape index (κ3) is 406. The topological polar surface area (TPSA) is 102 Å². The van der Waals surface area contributed by atoms with Crippen LogP contribution >= 0.6 is 0 Å². The Kier molecular flexibility index (Phi) is 102. The Hall–Kier alpha value is -0.970. The van der Waals surface area contributed by atoms with Crippen molar-refractivity contribution < 1.29 is 44.0 Å². The van der Waals surface area contributed by atoms with Gasteiger partial charge in [0.15, 0.2) is 0 Å². The summed E-state index contributed by atoms with van der Waals surface area (Å²) in [5.41, 5.74) is 0.500. The second kappa shape index (κ2) is 63.3. The van der Waals surface area contributed by atoms with Gasteiger partial charge in [0.05, 0.1) is 48.8 Å². The maximum Gasteiger partial charge on any atom is 0.505 e. The van der Waals surface area contributed by atoms with Crippen LogP contribution in [-0.2, 0) is 34.1 Å². The summed E-state index contributed by atoms with van der Waals surface area (Å²) in [5, 5.41) is 7.50. The quantitative estimate of drug-likeness (QED) is 0.163. The first-order valence-electron chi connectivity index (χ1n) is 11.0. The van der Waals surface area contributed by atoms with E-state index in [-0.39, 0.29) is 7.43 Å². The van der Waals surface area contributed by atoms with Gasteiger partial charge in [-0.25, -0.2) is 34.1 Å². The highest BCUT2D eigenvalue weighted by Gasteiger charge is 1.95. The molecule has 0 fully saturated rings. The van der Waals surface area contributed by atoms with Crippen molar-refractivity contribution in [1.82, 2.24) is 0 Å². The Morgan fingerprint density at radius 3 is 0.848 bits per heavy atom. The van der Waals surface area contributed by atoms with Crippen molar-refractivity contribution in [3.8, 4) is 0 Å². The zero-order chi connectivity index (χ0) is 27.3. The molecule has 0 saturated carbocycles. The molecular formula is C24H62O9. The molecule has 0 bridgehead atoms. The van der Waals surface area contributed by atoms with E-state index in [1.54, 1.807) is 0 Å². The van der Waals surface area contributed by atoms with Crippen molar-refractivity contribution in [2.45, 2.75) is 102 Å². The third-order valence-electron chi connectivity index (χ3n) is 1.15. The fourth-order valence-corrected chi connectivity index (χ4v) is 0.333. The first kappa shape index (κ1) is 53.4. The summed E-state index contributed by atoms with van der Waals surface area (Å²) >= 11 is 0. The first-order chi connectivity index (χ1) is 14.8. The number of hydrogen-bond donors (Lipinski definition) is 1. The molecule has 0 aliphatic carbocycles. The highest BCUT2D eigenvalue weighted by atomic mass is 17.2. The van der Waals surface area contributed by atoms with E-state index < -0.39 is 6.16 Å². The van der Waals surface area contributed by atoms with E-state index in [2.05, 4.69) is 89.5 Å². The molecule has 212 valence electrons. The van der Waals surface area contributed by atoms with E-state index in [1.165, 1.54) is 41.3 Å². The Morgan fingerprint density at radius 1 is 0.636 bits per heavy atom. The van der Waals surface area contributed by atoms with Gasteiger partial charge in [-0.2, -0.15) is 0 Å². The summed E-state index contributed by atoms with van der Waals surface area (Å²) in [4.78, 5) is 34.8. The van der Waals surface area contributed by atoms with Gasteiger partial charge in [-0.3, -0.25) is 0 Å². The SMILES string of the molecule is C.CC(C)(C)C.CCC.CCC.CCCOOC.CCCOOC.COC(=O)O.COOC. The minimum absolute atomic E-state index is 0. The van der Waals surface area contributed by atoms with E-state index in [9.17, 15) is 0 Å². The second-order valence-corrected chi connectivity index (χ2v) is 7.19. The van der Waals surface area contributed by atoms with Crippen LogP contribution in [0.15, 0.2) is 0 Å². The van der Waals surface area contributed by atoms with Crippen molar-refractivity contribution >= 4 is 6.16 Å². The lowest BCUT2D eigenvalue weighted by Crippen LogP contribution is -1.93. The lowest BCUT2D eigenvalue weighted by molar-refractivity contribution is -0.272. The van der Waals surface area contributed by atoms with Gasteiger partial charge in [-0.15, -0.1) is 0 Å². The molecule has 0 saturated heterocycles. The summed E-state index contributed by atoms with van der Waals surface area (Å²) in [5.74, 6) is 0. The molecule has 0 radical (unpaired) electrons. The van der Waals surface area contributed by atoms with Gasteiger partial charge < -0.3 is 9.84 Å². The van der Waals surface area contributed by atoms with Gasteiger partial charge in [-0.1, -0.05) is 89.5 Å². The van der Waals surface area contributed by atoms with Crippen molar-refractivity contribution in [3.63, 3.8) is 0 Å². The number of hydrogen-bond acceptors (Lipinski definition) is 8. The van der Waals surface area contributed by atoms with Crippen LogP contribution in [0.5, 0.6) is 0 Å². The average Bonchev–Trinajstić information content (AvgIpc) is 2.71. The molecule has 0 amide bonds. The molecule has 0 aliphatic rings. The number of carbonyl (C=O) groups is 1. The van der Waals surface area contributed by atoms with Crippen LogP contribution < -0.4 is 0 Å². The molecule has 0 aliphatic heterocycles. The lowest BCUT2D eigenvalue weighted by Gasteiger charge is -2.05. The van der Waals surface area contributed by atoms with Crippen molar-refractivity contribution in [2.24, 2.45) is 5.41 Å². The zero-order valence-electron chi connectivity index (χ0n) is 24.0. The first-order valence-corrected chi connectivity index (χ1v) is 11.0. The van der Waals surface area contributed by atoms with Crippen LogP contribution in [0.1, 0.15) is 102 Å². The van der Waals surface area contributed by atoms with E-state index in [0.29, 0.717) is 18.6 Å². The maximum absolute atomic E-state index is 9.15. The van der Waals surface area contributed by atoms with Crippen LogP contribution in [0.2, 0.25) is 0 Å². The molecule has 9 heteroatoms. The molecule has 0 atom stereocenters. The Morgan fingerprint density at radius 2 is 0.818 bits per heavy atom. The van der Waals surface area contributed by atoms with Crippen LogP contribution in [0.4, 0.5) is 4.79 Å². The molecule has 33 heavy (non-hydrogen) atoms. The van der Waals surface area contributed by atoms with Crippen LogP contribution in [0.25, 0.3) is 0 Å². The third-order valence-corrected chi connectivity index (χ3v) is 1.15. The summed E-state index contributed by atoms with van der Waals surface area (Å²) in [6.45, 7) is 22.7. The van der Waals surface area contributed by atoms with Crippen molar-refractivity contribution in [3.05, 3.63) is 0 Å². The Labute approximate surface area is 207 Å². The monoisotopic (exact) mass is 494 g/mol. The van der Waals surface area contributed by atoms with Gasteiger partial charge in [-0.05, 0) is 18.3 Å². The molecule has 0 heterocycles. The van der Waals surface area contributed by atoms with Gasteiger partial charge in [0.2, 0.25) is 0 Å². The lowest BCUT2D eigenvalue weighted by atomic mass is 10.0. The second-order valence-electron chi connectivity index (χ2n) is 7.19. The minimum atomic E-state index is -1.25. The standard InChI is InChI=1S/C5H12.2C4H10O2.2C3H8.C2H4O3.C2H6O2.CH4/c1-5(2,3)4;2*1-3-4-6-5-2;2*1-3-2;1-5-2(3)4;1-3-4-2;/h1-4H3;2*3-4H2,1-2H3;2*3H2,1-2H3;1H3,(H,3,4);1-2H3;1H4. The van der Waals surface area contributed by atoms with E-state index >= 15 is 0 Å². The number of ether oxygens (including phenoxy) is 1. The van der Waals surface area contributed by atoms with E-state index in [4.69, 9.17) is 9.90 Å². The molecule has 0 unspecified atom stereocenters. The summed E-state index contributed by atoms with van der Waals surface area (Å²) < 4.78 is 3.67. The van der Waals surface area contributed by atoms with E-state index in [0.717, 1.165) is 20.0 Å². The van der Waals surface area contributed by atoms with E-state index in [1.807, 2.05) is 13.8 Å². The van der Waals surface area contributed by atoms with Crippen LogP contribution in [-0.4, -0.2) is 60.0 Å². The Bertz CT molecular complexity index is 221. The molecule has 0 aromatic heterocycles. The molecule has 9 nitrogen and oxygen atoms in total. The number of rotatable bonds is 7. The largest absolute Gasteiger partial charge is 0.505 e. The number of carboxylic acid groups (broad SMARTS) is 1. The summed E-state index contributed by atoms with van der Waals surface area (Å²) in [6.07, 6.45) is 3.27. The minimum Gasteiger partial charge on any atom is -0.450 e. The highest BCUT2D eigenvalue weighted by molar-refractivity contribution is 5.56. The normalized spacial score (nSPS) is 8.09. The summed E-state index contributed by atoms with van der Waals surface area (Å²) in [6, 6.07) is 0. The smallest absolute Gasteiger partial charge is 0.450 e. The molecule has 0 spiro atoms. The van der Waals surface area contributed by atoms with Crippen molar-refractivity contribution in [2.75, 3.05) is 48.8 Å². The average molecular weight is 495 g/mol. The molecule has 0 aromatic carbocycles. The predicted molar refractivity (Wildman–Crippen MR) is 139 cm³/mol. The van der Waals surface area contributed by atoms with Crippen LogP contribution in [0.3, 0.4) is 0 Å². The number of methoxy groups -OCH3 is 1. The molecule has 1 N–H and O–H groups in total. The molecule has 0 rings (SSSR count). The van der Waals surface area contributed by atoms with Gasteiger partial charge >= 0.3 is 6.16 Å². The van der Waals surface area contributed by atoms with Crippen LogP contribution in [0, 0.1) is 5.41 Å². The van der Waals surface area contributed by atoms with Crippen molar-refractivity contribution in [1.29, 1.82) is 0 Å². The fraction of sp³-hybridized carbons (Fsp3) is 0.958. The molecular weight excluding hydrogens is 432 g/mol. The summed E-state index contributed by atoms with van der Waals surface area (Å²) in [7, 11) is 7.04. The van der Waals surface area contributed by atoms with Gasteiger partial charge in [0.25, 0.3) is 0 Å². The fourth-order valence-electron chi connectivity index (χ4n) is 0.333. The maximum atomic E-state index is 9.15. The molecule has 0 aromatic rings. The zero-order valence-corrected chi connectivity index (χ0v) is 24.0. The Balaban J connectivity index is -0.0000000372. The van der Waals surface area contributed by atoms with Gasteiger partial charge in [0.1, 0.15) is 0 Å². The highest BCUT2D eigenvalue weighted by Crippen LogP contribution is 2.08.